The van der Waals surface area contributed by atoms with Gasteiger partial charge in [-0.15, -0.1) is 0 Å². The Balaban J connectivity index is 1.77. The van der Waals surface area contributed by atoms with Crippen molar-refractivity contribution in [3.05, 3.63) is 71.0 Å². The zero-order valence-electron chi connectivity index (χ0n) is 17.7. The minimum Gasteiger partial charge on any atom is -0.356 e. The second kappa shape index (κ2) is 4.90. The van der Waals surface area contributed by atoms with Crippen LogP contribution in [0.3, 0.4) is 0 Å². The minimum absolute atomic E-state index is 0.104. The first-order chi connectivity index (χ1) is 14.4. The fraction of sp³-hybridized carbons (Fsp3) is 0.308. The molecule has 0 spiro atoms. The molecule has 148 valence electrons. The summed E-state index contributed by atoms with van der Waals surface area (Å²) in [5.41, 5.74) is 15.1. The molecule has 3 unspecified atom stereocenters. The Labute approximate surface area is 175 Å². The number of pyridine rings is 2. The molecule has 1 fully saturated rings. The van der Waals surface area contributed by atoms with Gasteiger partial charge in [0.1, 0.15) is 5.92 Å². The number of aromatic nitrogens is 2. The summed E-state index contributed by atoms with van der Waals surface area (Å²) in [4.78, 5) is 4.59. The Kier molecular flexibility index (Phi) is 2.77. The van der Waals surface area contributed by atoms with E-state index in [1.54, 1.807) is 7.11 Å². The van der Waals surface area contributed by atoms with Crippen LogP contribution in [-0.4, -0.2) is 17.8 Å². The number of nitrogens with two attached hydrogens (primary N) is 1. The summed E-state index contributed by atoms with van der Waals surface area (Å²) >= 11 is 0. The molecule has 4 nitrogen and oxygen atoms in total. The predicted octanol–water partition coefficient (Wildman–Crippen LogP) is 4.24. The van der Waals surface area contributed by atoms with Gasteiger partial charge in [-0.05, 0) is 30.2 Å². The van der Waals surface area contributed by atoms with Gasteiger partial charge in [-0.3, -0.25) is 10.7 Å². The molecule has 1 saturated carbocycles. The van der Waals surface area contributed by atoms with E-state index in [0.717, 1.165) is 0 Å². The molecular formula is C26H24N3O+. The van der Waals surface area contributed by atoms with Crippen LogP contribution in [0.1, 0.15) is 48.1 Å². The number of methoxy groups -OCH3 is 1. The fourth-order valence-corrected chi connectivity index (χ4v) is 6.30. The van der Waals surface area contributed by atoms with E-state index in [-0.39, 0.29) is 17.4 Å². The summed E-state index contributed by atoms with van der Waals surface area (Å²) in [6.45, 7) is 6.80. The highest BCUT2D eigenvalue weighted by Crippen LogP contribution is 2.64. The molecule has 1 aliphatic heterocycles. The molecule has 3 aliphatic rings. The van der Waals surface area contributed by atoms with Gasteiger partial charge in [-0.2, -0.15) is 4.57 Å². The van der Waals surface area contributed by atoms with E-state index in [2.05, 4.69) is 72.9 Å². The average molecular weight is 394 g/mol. The molecule has 0 bridgehead atoms. The Morgan fingerprint density at radius 3 is 2.67 bits per heavy atom. The fourth-order valence-electron chi connectivity index (χ4n) is 6.30. The van der Waals surface area contributed by atoms with Crippen LogP contribution < -0.4 is 10.3 Å². The predicted molar refractivity (Wildman–Crippen MR) is 117 cm³/mol. The van der Waals surface area contributed by atoms with Crippen molar-refractivity contribution in [2.45, 2.75) is 43.9 Å². The van der Waals surface area contributed by atoms with E-state index in [9.17, 15) is 0 Å². The number of rotatable bonds is 1. The van der Waals surface area contributed by atoms with Crippen molar-refractivity contribution in [3.63, 3.8) is 0 Å². The quantitative estimate of drug-likeness (QED) is 0.388. The molecule has 3 heterocycles. The van der Waals surface area contributed by atoms with Crippen molar-refractivity contribution in [1.29, 1.82) is 0 Å². The van der Waals surface area contributed by atoms with Crippen LogP contribution in [-0.2, 0) is 10.2 Å². The monoisotopic (exact) mass is 394 g/mol. The summed E-state index contributed by atoms with van der Waals surface area (Å²) < 4.78 is 8.44. The van der Waals surface area contributed by atoms with Gasteiger partial charge >= 0.3 is 0 Å². The number of hydrogen-bond acceptors (Lipinski definition) is 3. The zero-order chi connectivity index (χ0) is 20.6. The van der Waals surface area contributed by atoms with Crippen molar-refractivity contribution >= 4 is 21.7 Å². The number of aryl methyl sites for hydroxylation is 1. The van der Waals surface area contributed by atoms with E-state index >= 15 is 0 Å². The van der Waals surface area contributed by atoms with Gasteiger partial charge in [0.25, 0.3) is 0 Å². The summed E-state index contributed by atoms with van der Waals surface area (Å²) in [5.74, 6) is 0.154. The number of nitrogens with zero attached hydrogens (tertiary/aromatic N) is 2. The molecule has 2 aromatic heterocycles. The number of fused-ring (bicyclic) bond motifs is 5. The molecule has 4 aromatic rings. The maximum Gasteiger partial charge on any atom is 0.218 e. The maximum absolute atomic E-state index is 6.87. The summed E-state index contributed by atoms with van der Waals surface area (Å²) in [5, 5.41) is 3.78. The van der Waals surface area contributed by atoms with Crippen molar-refractivity contribution in [3.8, 4) is 11.3 Å². The van der Waals surface area contributed by atoms with Crippen molar-refractivity contribution in [1.82, 2.24) is 4.98 Å². The molecule has 7 rings (SSSR count). The van der Waals surface area contributed by atoms with Gasteiger partial charge in [0.2, 0.25) is 17.3 Å². The molecule has 4 heteroatoms. The van der Waals surface area contributed by atoms with Crippen molar-refractivity contribution in [2.24, 2.45) is 5.73 Å². The highest BCUT2D eigenvalue weighted by Gasteiger charge is 2.75. The Morgan fingerprint density at radius 1 is 1.03 bits per heavy atom. The second-order valence-corrected chi connectivity index (χ2v) is 9.76. The number of ether oxygens (including phenoxy) is 1. The van der Waals surface area contributed by atoms with E-state index in [1.807, 2.05) is 6.20 Å². The molecule has 0 amide bonds. The van der Waals surface area contributed by atoms with Crippen LogP contribution in [0.4, 0.5) is 0 Å². The molecule has 2 aromatic carbocycles. The Bertz CT molecular complexity index is 1450. The third kappa shape index (κ3) is 1.66. The van der Waals surface area contributed by atoms with Gasteiger partial charge in [-0.1, -0.05) is 37.6 Å². The largest absolute Gasteiger partial charge is 0.356 e. The van der Waals surface area contributed by atoms with Crippen LogP contribution in [0.5, 0.6) is 0 Å². The van der Waals surface area contributed by atoms with Crippen LogP contribution in [0, 0.1) is 6.92 Å². The van der Waals surface area contributed by atoms with Crippen LogP contribution in [0.2, 0.25) is 0 Å². The Morgan fingerprint density at radius 2 is 1.87 bits per heavy atom. The summed E-state index contributed by atoms with van der Waals surface area (Å²) in [7, 11) is 1.74. The highest BCUT2D eigenvalue weighted by molar-refractivity contribution is 6.04. The van der Waals surface area contributed by atoms with Gasteiger partial charge in [-0.25, -0.2) is 0 Å². The molecular weight excluding hydrogens is 370 g/mol. The second-order valence-electron chi connectivity index (χ2n) is 9.76. The van der Waals surface area contributed by atoms with Gasteiger partial charge in [0.15, 0.2) is 5.72 Å². The first-order valence-electron chi connectivity index (χ1n) is 10.6. The topological polar surface area (TPSA) is 52.0 Å². The molecule has 3 atom stereocenters. The van der Waals surface area contributed by atoms with Crippen molar-refractivity contribution in [2.75, 3.05) is 7.11 Å². The van der Waals surface area contributed by atoms with E-state index in [4.69, 9.17) is 10.5 Å². The molecule has 2 N–H and O–H groups in total. The first-order valence-corrected chi connectivity index (χ1v) is 10.6. The van der Waals surface area contributed by atoms with E-state index < -0.39 is 5.72 Å². The standard InChI is InChI=1S/C26H24N3O/c1-13-5-8-19-15(9-13)10-17-23-21-16(22-24(29(19)23)26(22,27)30-4)7-6-14-11-28-12-18(20(14)21)25(17,2)3/h5-12,22,24H,27H2,1-4H3/q+1. The lowest BCUT2D eigenvalue weighted by Crippen LogP contribution is -2.46. The van der Waals surface area contributed by atoms with Gasteiger partial charge in [0.05, 0.1) is 5.56 Å². The SMILES string of the molecule is COC1(N)C2c3ccc4cncc5c4c3-c3c(cc4cc(C)ccc4[n+]3C21)C5(C)C. The lowest BCUT2D eigenvalue weighted by atomic mass is 9.68. The number of benzene rings is 2. The lowest BCUT2D eigenvalue weighted by Gasteiger charge is -2.35. The summed E-state index contributed by atoms with van der Waals surface area (Å²) in [6, 6.07) is 13.7. The third-order valence-electron chi connectivity index (χ3n) is 7.90. The Hall–Kier alpha value is -2.82. The molecule has 0 saturated heterocycles. The first kappa shape index (κ1) is 16.9. The number of hydrogen-bond donors (Lipinski definition) is 1. The normalized spacial score (nSPS) is 26.7. The summed E-state index contributed by atoms with van der Waals surface area (Å²) in [6.07, 6.45) is 4.04. The van der Waals surface area contributed by atoms with Crippen LogP contribution in [0.25, 0.3) is 32.9 Å². The maximum atomic E-state index is 6.87. The van der Waals surface area contributed by atoms with Gasteiger partial charge < -0.3 is 4.74 Å². The minimum atomic E-state index is -0.684. The van der Waals surface area contributed by atoms with E-state index in [1.165, 1.54) is 55.2 Å². The molecule has 0 radical (unpaired) electrons. The van der Waals surface area contributed by atoms with Crippen molar-refractivity contribution < 1.29 is 9.30 Å². The van der Waals surface area contributed by atoms with Crippen LogP contribution in [0.15, 0.2) is 48.8 Å². The molecule has 2 aliphatic carbocycles. The smallest absolute Gasteiger partial charge is 0.218 e. The zero-order valence-corrected chi connectivity index (χ0v) is 17.7. The average Bonchev–Trinajstić information content (AvgIpc) is 3.37. The third-order valence-corrected chi connectivity index (χ3v) is 7.90. The highest BCUT2D eigenvalue weighted by atomic mass is 16.5. The van der Waals surface area contributed by atoms with Gasteiger partial charge in [0, 0.05) is 52.7 Å². The lowest BCUT2D eigenvalue weighted by molar-refractivity contribution is -0.673. The van der Waals surface area contributed by atoms with Crippen LogP contribution >= 0.6 is 0 Å². The molecule has 30 heavy (non-hydrogen) atoms. The van der Waals surface area contributed by atoms with E-state index in [0.29, 0.717) is 0 Å².